The molecule has 0 aliphatic carbocycles. The third-order valence-electron chi connectivity index (χ3n) is 2.33. The molecule has 2 N–H and O–H groups in total. The Balaban J connectivity index is 4.64. The van der Waals surface area contributed by atoms with Gasteiger partial charge in [-0.2, -0.15) is 0 Å². The van der Waals surface area contributed by atoms with Crippen LogP contribution in [0.25, 0.3) is 0 Å². The van der Waals surface area contributed by atoms with E-state index in [2.05, 4.69) is 5.32 Å². The Labute approximate surface area is 127 Å². The summed E-state index contributed by atoms with van der Waals surface area (Å²) in [5, 5.41) is 11.2. The van der Waals surface area contributed by atoms with E-state index < -0.39 is 27.5 Å². The molecule has 0 saturated heterocycles. The Bertz CT molecular complexity index is 339. The standard InChI is InChI=1S/C11H18Cl3NO4/c1-6(2)5-7(8(16)17)15-9(18)19-10(3,4)11(12,13)14/h6-7H,5H2,1-4H3,(H,15,18)(H,16,17). The fraction of sp³-hybridized carbons (Fsp3) is 0.818. The van der Waals surface area contributed by atoms with E-state index in [9.17, 15) is 9.59 Å². The maximum atomic E-state index is 11.6. The number of halogens is 3. The Morgan fingerprint density at radius 3 is 2.05 bits per heavy atom. The number of alkyl halides is 3. The lowest BCUT2D eigenvalue weighted by Gasteiger charge is -2.32. The van der Waals surface area contributed by atoms with Crippen LogP contribution in [-0.2, 0) is 9.53 Å². The van der Waals surface area contributed by atoms with Crippen molar-refractivity contribution < 1.29 is 19.4 Å². The molecule has 112 valence electrons. The predicted molar refractivity (Wildman–Crippen MR) is 74.9 cm³/mol. The molecule has 0 aliphatic rings. The largest absolute Gasteiger partial charge is 0.480 e. The van der Waals surface area contributed by atoms with Crippen LogP contribution in [0, 0.1) is 5.92 Å². The summed E-state index contributed by atoms with van der Waals surface area (Å²) in [5.41, 5.74) is -1.39. The summed E-state index contributed by atoms with van der Waals surface area (Å²) in [5.74, 6) is -1.04. The fourth-order valence-corrected chi connectivity index (χ4v) is 1.27. The second kappa shape index (κ2) is 6.86. The minimum Gasteiger partial charge on any atom is -0.480 e. The molecule has 0 aromatic rings. The van der Waals surface area contributed by atoms with Crippen LogP contribution in [0.1, 0.15) is 34.1 Å². The van der Waals surface area contributed by atoms with Gasteiger partial charge in [-0.05, 0) is 26.2 Å². The molecular weight excluding hydrogens is 316 g/mol. The average molecular weight is 335 g/mol. The molecule has 0 rings (SSSR count). The lowest BCUT2D eigenvalue weighted by Crippen LogP contribution is -2.48. The Morgan fingerprint density at radius 2 is 1.74 bits per heavy atom. The molecule has 0 radical (unpaired) electrons. The summed E-state index contributed by atoms with van der Waals surface area (Å²) in [4.78, 5) is 22.6. The number of ether oxygens (including phenoxy) is 1. The van der Waals surface area contributed by atoms with Gasteiger partial charge in [0.2, 0.25) is 3.79 Å². The zero-order valence-electron chi connectivity index (χ0n) is 11.2. The molecule has 8 heteroatoms. The SMILES string of the molecule is CC(C)CC(NC(=O)OC(C)(C)C(Cl)(Cl)Cl)C(=O)O. The average Bonchev–Trinajstić information content (AvgIpc) is 2.12. The van der Waals surface area contributed by atoms with E-state index in [0.29, 0.717) is 0 Å². The Morgan fingerprint density at radius 1 is 1.26 bits per heavy atom. The van der Waals surface area contributed by atoms with Crippen LogP contribution in [0.5, 0.6) is 0 Å². The van der Waals surface area contributed by atoms with Crippen LogP contribution in [0.3, 0.4) is 0 Å². The summed E-state index contributed by atoms with van der Waals surface area (Å²) in [6.07, 6.45) is -0.664. The number of carbonyl (C=O) groups excluding carboxylic acids is 1. The van der Waals surface area contributed by atoms with Gasteiger partial charge in [0.15, 0.2) is 5.60 Å². The van der Waals surface area contributed by atoms with Crippen molar-refractivity contribution in [1.82, 2.24) is 5.32 Å². The van der Waals surface area contributed by atoms with Crippen LogP contribution in [-0.4, -0.2) is 32.6 Å². The van der Waals surface area contributed by atoms with Gasteiger partial charge < -0.3 is 15.2 Å². The van der Waals surface area contributed by atoms with E-state index in [1.807, 2.05) is 13.8 Å². The van der Waals surface area contributed by atoms with Crippen molar-refractivity contribution in [3.8, 4) is 0 Å². The van der Waals surface area contributed by atoms with Crippen LogP contribution < -0.4 is 5.32 Å². The minimum atomic E-state index is -1.82. The number of hydrogen-bond donors (Lipinski definition) is 2. The molecule has 0 heterocycles. The molecule has 1 atom stereocenters. The number of carbonyl (C=O) groups is 2. The van der Waals surface area contributed by atoms with E-state index >= 15 is 0 Å². The molecule has 19 heavy (non-hydrogen) atoms. The maximum absolute atomic E-state index is 11.6. The summed E-state index contributed by atoms with van der Waals surface area (Å²) in [6.45, 7) is 6.51. The Hall–Kier alpha value is -0.390. The van der Waals surface area contributed by atoms with E-state index in [-0.39, 0.29) is 12.3 Å². The van der Waals surface area contributed by atoms with E-state index in [0.717, 1.165) is 0 Å². The molecule has 0 aliphatic heterocycles. The summed E-state index contributed by atoms with van der Waals surface area (Å²) < 4.78 is 3.14. The molecular formula is C11H18Cl3NO4. The van der Waals surface area contributed by atoms with Crippen molar-refractivity contribution in [2.75, 3.05) is 0 Å². The number of aliphatic carboxylic acids is 1. The topological polar surface area (TPSA) is 75.6 Å². The smallest absolute Gasteiger partial charge is 0.408 e. The number of alkyl carbamates (subject to hydrolysis) is 1. The first kappa shape index (κ1) is 18.6. The first-order valence-electron chi connectivity index (χ1n) is 5.66. The number of amides is 1. The maximum Gasteiger partial charge on any atom is 0.408 e. The lowest BCUT2D eigenvalue weighted by molar-refractivity contribution is -0.139. The van der Waals surface area contributed by atoms with Crippen molar-refractivity contribution in [2.24, 2.45) is 5.92 Å². The summed E-state index contributed by atoms with van der Waals surface area (Å²) in [6, 6.07) is -1.04. The van der Waals surface area contributed by atoms with E-state index in [1.165, 1.54) is 13.8 Å². The highest BCUT2D eigenvalue weighted by Gasteiger charge is 2.44. The van der Waals surface area contributed by atoms with Gasteiger partial charge in [-0.15, -0.1) is 0 Å². The molecule has 0 aromatic carbocycles. The van der Waals surface area contributed by atoms with Gasteiger partial charge in [-0.25, -0.2) is 9.59 Å². The zero-order valence-corrected chi connectivity index (χ0v) is 13.4. The van der Waals surface area contributed by atoms with Gasteiger partial charge in [0.1, 0.15) is 6.04 Å². The monoisotopic (exact) mass is 333 g/mol. The number of carboxylic acids is 1. The van der Waals surface area contributed by atoms with Crippen LogP contribution in [0.15, 0.2) is 0 Å². The molecule has 1 unspecified atom stereocenters. The molecule has 0 bridgehead atoms. The molecule has 1 amide bonds. The van der Waals surface area contributed by atoms with Crippen LogP contribution >= 0.6 is 34.8 Å². The van der Waals surface area contributed by atoms with Gasteiger partial charge in [-0.1, -0.05) is 48.7 Å². The third kappa shape index (κ3) is 6.54. The van der Waals surface area contributed by atoms with Crippen LogP contribution in [0.2, 0.25) is 0 Å². The van der Waals surface area contributed by atoms with Gasteiger partial charge in [-0.3, -0.25) is 0 Å². The van der Waals surface area contributed by atoms with Gasteiger partial charge in [0, 0.05) is 0 Å². The molecule has 0 fully saturated rings. The molecule has 5 nitrogen and oxygen atoms in total. The summed E-state index contributed by atoms with van der Waals surface area (Å²) >= 11 is 17.0. The first-order chi connectivity index (χ1) is 8.36. The first-order valence-corrected chi connectivity index (χ1v) is 6.79. The fourth-order valence-electron chi connectivity index (χ4n) is 1.15. The van der Waals surface area contributed by atoms with Gasteiger partial charge in [0.05, 0.1) is 0 Å². The van der Waals surface area contributed by atoms with Crippen molar-refractivity contribution in [1.29, 1.82) is 0 Å². The minimum absolute atomic E-state index is 0.0996. The van der Waals surface area contributed by atoms with Crippen molar-refractivity contribution >= 4 is 46.9 Å². The second-order valence-corrected chi connectivity index (χ2v) is 7.34. The van der Waals surface area contributed by atoms with E-state index in [1.54, 1.807) is 0 Å². The van der Waals surface area contributed by atoms with Gasteiger partial charge in [0.25, 0.3) is 0 Å². The highest BCUT2D eigenvalue weighted by Crippen LogP contribution is 2.40. The number of carboxylic acid groups (broad SMARTS) is 1. The normalized spacial score (nSPS) is 14.1. The van der Waals surface area contributed by atoms with Crippen molar-refractivity contribution in [3.05, 3.63) is 0 Å². The quantitative estimate of drug-likeness (QED) is 0.756. The zero-order chi connectivity index (χ0) is 15.4. The highest BCUT2D eigenvalue weighted by molar-refractivity contribution is 6.68. The van der Waals surface area contributed by atoms with Crippen molar-refractivity contribution in [2.45, 2.75) is 49.6 Å². The number of nitrogens with one attached hydrogen (secondary N) is 1. The summed E-state index contributed by atoms with van der Waals surface area (Å²) in [7, 11) is 0. The predicted octanol–water partition coefficient (Wildman–Crippen LogP) is 3.36. The van der Waals surface area contributed by atoms with Crippen LogP contribution in [0.4, 0.5) is 4.79 Å². The van der Waals surface area contributed by atoms with Crippen molar-refractivity contribution in [3.63, 3.8) is 0 Å². The number of hydrogen-bond acceptors (Lipinski definition) is 3. The number of rotatable bonds is 5. The molecule has 0 saturated carbocycles. The molecule has 0 aromatic heterocycles. The highest BCUT2D eigenvalue weighted by atomic mass is 35.6. The van der Waals surface area contributed by atoms with E-state index in [4.69, 9.17) is 44.6 Å². The van der Waals surface area contributed by atoms with Gasteiger partial charge >= 0.3 is 12.1 Å². The third-order valence-corrected chi connectivity index (χ3v) is 3.69. The Kier molecular flexibility index (Phi) is 6.72. The lowest BCUT2D eigenvalue weighted by atomic mass is 10.0. The second-order valence-electron chi connectivity index (χ2n) is 5.06. The molecule has 0 spiro atoms.